The highest BCUT2D eigenvalue weighted by Crippen LogP contribution is 2.31. The van der Waals surface area contributed by atoms with E-state index < -0.39 is 15.9 Å². The number of amides is 1. The standard InChI is InChI=1S/C16H16N2O3S/c1-11(2)13-7-4-3-6-12(13)10-18-16(19)14-8-5-9-17-15(14)22(18,20)21/h3-9,11H,10H2,1-2H3. The maximum absolute atomic E-state index is 12.5. The molecule has 1 amide bonds. The number of hydrogen-bond acceptors (Lipinski definition) is 4. The molecule has 3 rings (SSSR count). The fraction of sp³-hybridized carbons (Fsp3) is 0.250. The molecule has 5 nitrogen and oxygen atoms in total. The molecule has 114 valence electrons. The van der Waals surface area contributed by atoms with Gasteiger partial charge in [0.05, 0.1) is 12.1 Å². The van der Waals surface area contributed by atoms with Crippen molar-refractivity contribution >= 4 is 15.9 Å². The Morgan fingerprint density at radius 1 is 1.14 bits per heavy atom. The largest absolute Gasteiger partial charge is 0.285 e. The van der Waals surface area contributed by atoms with Gasteiger partial charge in [-0.05, 0) is 29.2 Å². The molecule has 22 heavy (non-hydrogen) atoms. The van der Waals surface area contributed by atoms with Crippen LogP contribution < -0.4 is 0 Å². The molecule has 1 aliphatic rings. The lowest BCUT2D eigenvalue weighted by Gasteiger charge is -2.18. The number of fused-ring (bicyclic) bond motifs is 1. The smallest absolute Gasteiger partial charge is 0.268 e. The molecule has 0 saturated carbocycles. The van der Waals surface area contributed by atoms with Crippen molar-refractivity contribution < 1.29 is 13.2 Å². The van der Waals surface area contributed by atoms with Crippen LogP contribution in [0.1, 0.15) is 41.3 Å². The van der Waals surface area contributed by atoms with Crippen molar-refractivity contribution in [3.63, 3.8) is 0 Å². The lowest BCUT2D eigenvalue weighted by atomic mass is 9.97. The van der Waals surface area contributed by atoms with Crippen molar-refractivity contribution in [3.8, 4) is 0 Å². The zero-order valence-corrected chi connectivity index (χ0v) is 13.2. The summed E-state index contributed by atoms with van der Waals surface area (Å²) in [4.78, 5) is 16.3. The highest BCUT2D eigenvalue weighted by Gasteiger charge is 2.42. The van der Waals surface area contributed by atoms with Gasteiger partial charge in [0.15, 0.2) is 5.03 Å². The van der Waals surface area contributed by atoms with Crippen LogP contribution >= 0.6 is 0 Å². The molecule has 1 aromatic heterocycles. The van der Waals surface area contributed by atoms with Crippen LogP contribution in [0.4, 0.5) is 0 Å². The van der Waals surface area contributed by atoms with E-state index in [4.69, 9.17) is 0 Å². The van der Waals surface area contributed by atoms with Crippen LogP contribution in [-0.4, -0.2) is 23.6 Å². The molecule has 0 fully saturated rings. The highest BCUT2D eigenvalue weighted by molar-refractivity contribution is 7.90. The van der Waals surface area contributed by atoms with Gasteiger partial charge in [0.2, 0.25) is 0 Å². The summed E-state index contributed by atoms with van der Waals surface area (Å²) < 4.78 is 26.0. The Kier molecular flexibility index (Phi) is 3.48. The van der Waals surface area contributed by atoms with Crippen LogP contribution in [0.3, 0.4) is 0 Å². The van der Waals surface area contributed by atoms with E-state index in [1.54, 1.807) is 6.07 Å². The van der Waals surface area contributed by atoms with Crippen LogP contribution in [0, 0.1) is 0 Å². The molecular formula is C16H16N2O3S. The van der Waals surface area contributed by atoms with E-state index in [1.807, 2.05) is 38.1 Å². The predicted octanol–water partition coefficient (Wildman–Crippen LogP) is 2.55. The van der Waals surface area contributed by atoms with Gasteiger partial charge in [-0.15, -0.1) is 0 Å². The number of rotatable bonds is 3. The van der Waals surface area contributed by atoms with Crippen molar-refractivity contribution in [2.75, 3.05) is 0 Å². The maximum atomic E-state index is 12.5. The van der Waals surface area contributed by atoms with E-state index in [0.717, 1.165) is 15.4 Å². The van der Waals surface area contributed by atoms with E-state index in [9.17, 15) is 13.2 Å². The fourth-order valence-corrected chi connectivity index (χ4v) is 4.12. The average molecular weight is 316 g/mol. The van der Waals surface area contributed by atoms with Crippen LogP contribution in [0.2, 0.25) is 0 Å². The molecule has 0 spiro atoms. The first-order chi connectivity index (χ1) is 10.4. The van der Waals surface area contributed by atoms with E-state index >= 15 is 0 Å². The molecule has 2 aromatic rings. The molecular weight excluding hydrogens is 300 g/mol. The maximum Gasteiger partial charge on any atom is 0.285 e. The van der Waals surface area contributed by atoms with Gasteiger partial charge in [-0.2, -0.15) is 8.42 Å². The van der Waals surface area contributed by atoms with Gasteiger partial charge >= 0.3 is 0 Å². The SMILES string of the molecule is CC(C)c1ccccc1CN1C(=O)c2cccnc2S1(=O)=O. The van der Waals surface area contributed by atoms with Crippen LogP contribution in [0.25, 0.3) is 0 Å². The van der Waals surface area contributed by atoms with Crippen LogP contribution in [0.5, 0.6) is 0 Å². The Hall–Kier alpha value is -2.21. The first kappa shape index (κ1) is 14.7. The van der Waals surface area contributed by atoms with Crippen molar-refractivity contribution in [3.05, 3.63) is 59.3 Å². The predicted molar refractivity (Wildman–Crippen MR) is 81.8 cm³/mol. The van der Waals surface area contributed by atoms with Gasteiger partial charge < -0.3 is 0 Å². The number of carbonyl (C=O) groups is 1. The molecule has 0 aliphatic carbocycles. The van der Waals surface area contributed by atoms with Crippen molar-refractivity contribution in [2.45, 2.75) is 31.3 Å². The first-order valence-electron chi connectivity index (χ1n) is 7.03. The summed E-state index contributed by atoms with van der Waals surface area (Å²) >= 11 is 0. The summed E-state index contributed by atoms with van der Waals surface area (Å²) in [6.45, 7) is 4.11. The Morgan fingerprint density at radius 3 is 2.55 bits per heavy atom. The van der Waals surface area contributed by atoms with Gasteiger partial charge in [0.1, 0.15) is 0 Å². The third-order valence-electron chi connectivity index (χ3n) is 3.75. The zero-order valence-electron chi connectivity index (χ0n) is 12.4. The van der Waals surface area contributed by atoms with Gasteiger partial charge in [-0.25, -0.2) is 9.29 Å². The number of nitrogens with zero attached hydrogens (tertiary/aromatic N) is 2. The van der Waals surface area contributed by atoms with E-state index in [2.05, 4.69) is 4.98 Å². The van der Waals surface area contributed by atoms with Gasteiger partial charge in [-0.1, -0.05) is 38.1 Å². The number of aromatic nitrogens is 1. The van der Waals surface area contributed by atoms with Crippen molar-refractivity contribution in [1.82, 2.24) is 9.29 Å². The molecule has 0 bridgehead atoms. The van der Waals surface area contributed by atoms with Gasteiger partial charge in [0.25, 0.3) is 15.9 Å². The second-order valence-corrected chi connectivity index (χ2v) is 7.30. The van der Waals surface area contributed by atoms with Crippen LogP contribution in [0.15, 0.2) is 47.6 Å². The number of carbonyl (C=O) groups excluding carboxylic acids is 1. The second-order valence-electron chi connectivity index (χ2n) is 5.53. The average Bonchev–Trinajstić information content (AvgIpc) is 2.69. The molecule has 0 saturated heterocycles. The minimum atomic E-state index is -3.86. The third kappa shape index (κ3) is 2.20. The van der Waals surface area contributed by atoms with Crippen molar-refractivity contribution in [2.24, 2.45) is 0 Å². The zero-order chi connectivity index (χ0) is 15.9. The monoisotopic (exact) mass is 316 g/mol. The minimum absolute atomic E-state index is 0.0336. The molecule has 1 aliphatic heterocycles. The fourth-order valence-electron chi connectivity index (χ4n) is 2.66. The third-order valence-corrected chi connectivity index (χ3v) is 5.44. The summed E-state index contributed by atoms with van der Waals surface area (Å²) in [5.41, 5.74) is 2.01. The summed E-state index contributed by atoms with van der Waals surface area (Å²) in [5.74, 6) is -0.265. The normalized spacial score (nSPS) is 16.1. The second kappa shape index (κ2) is 5.21. The molecule has 2 heterocycles. The summed E-state index contributed by atoms with van der Waals surface area (Å²) in [6.07, 6.45) is 1.38. The van der Waals surface area contributed by atoms with Gasteiger partial charge in [-0.3, -0.25) is 4.79 Å². The summed E-state index contributed by atoms with van der Waals surface area (Å²) in [5, 5.41) is -0.151. The summed E-state index contributed by atoms with van der Waals surface area (Å²) in [7, 11) is -3.86. The van der Waals surface area contributed by atoms with Crippen LogP contribution in [-0.2, 0) is 16.6 Å². The molecule has 0 unspecified atom stereocenters. The highest BCUT2D eigenvalue weighted by atomic mass is 32.2. The Morgan fingerprint density at radius 2 is 1.86 bits per heavy atom. The van der Waals surface area contributed by atoms with E-state index in [0.29, 0.717) is 0 Å². The Labute approximate surface area is 129 Å². The number of pyridine rings is 1. The number of hydrogen-bond donors (Lipinski definition) is 0. The van der Waals surface area contributed by atoms with E-state index in [-0.39, 0.29) is 23.1 Å². The quantitative estimate of drug-likeness (QED) is 0.873. The Balaban J connectivity index is 2.04. The minimum Gasteiger partial charge on any atom is -0.268 e. The Bertz CT molecular complexity index is 844. The molecule has 6 heteroatoms. The van der Waals surface area contributed by atoms with Crippen molar-refractivity contribution in [1.29, 1.82) is 0 Å². The topological polar surface area (TPSA) is 67.3 Å². The van der Waals surface area contributed by atoms with E-state index in [1.165, 1.54) is 12.3 Å². The molecule has 0 radical (unpaired) electrons. The molecule has 0 atom stereocenters. The lowest BCUT2D eigenvalue weighted by Crippen LogP contribution is -2.30. The number of benzene rings is 1. The van der Waals surface area contributed by atoms with Gasteiger partial charge in [0, 0.05) is 6.20 Å². The molecule has 0 N–H and O–H groups in total. The number of sulfonamides is 1. The lowest BCUT2D eigenvalue weighted by molar-refractivity contribution is 0.0864. The summed E-state index contributed by atoms with van der Waals surface area (Å²) in [6, 6.07) is 10.6. The molecule has 1 aromatic carbocycles. The first-order valence-corrected chi connectivity index (χ1v) is 8.47.